The van der Waals surface area contributed by atoms with Gasteiger partial charge in [-0.1, -0.05) is 30.3 Å². The molecule has 0 N–H and O–H groups in total. The molecule has 0 fully saturated rings. The molecule has 20 heavy (non-hydrogen) atoms. The maximum absolute atomic E-state index is 12.3. The Bertz CT molecular complexity index is 563. The summed E-state index contributed by atoms with van der Waals surface area (Å²) in [6.07, 6.45) is 1.42. The first-order valence-electron chi connectivity index (χ1n) is 6.14. The number of carbonyl (C=O) groups excluding carboxylic acids is 2. The predicted octanol–water partition coefficient (Wildman–Crippen LogP) is 2.09. The lowest BCUT2D eigenvalue weighted by Gasteiger charge is -2.20. The van der Waals surface area contributed by atoms with E-state index in [-0.39, 0.29) is 18.2 Å². The molecule has 1 aromatic carbocycles. The largest absolute Gasteiger partial charge is 0.468 e. The van der Waals surface area contributed by atoms with Gasteiger partial charge in [0.15, 0.2) is 5.76 Å². The minimum atomic E-state index is -0.471. The molecule has 2 aromatic rings. The van der Waals surface area contributed by atoms with Crippen molar-refractivity contribution in [1.82, 2.24) is 4.90 Å². The van der Waals surface area contributed by atoms with Crippen LogP contribution in [0.25, 0.3) is 0 Å². The van der Waals surface area contributed by atoms with Gasteiger partial charge in [0.25, 0.3) is 5.91 Å². The Hall–Kier alpha value is -2.56. The van der Waals surface area contributed by atoms with E-state index in [1.54, 1.807) is 12.1 Å². The van der Waals surface area contributed by atoms with Crippen molar-refractivity contribution in [3.63, 3.8) is 0 Å². The highest BCUT2D eigenvalue weighted by Crippen LogP contribution is 2.10. The zero-order chi connectivity index (χ0) is 14.4. The molecule has 1 heterocycles. The van der Waals surface area contributed by atoms with Crippen molar-refractivity contribution in [3.8, 4) is 0 Å². The second-order valence-electron chi connectivity index (χ2n) is 4.20. The molecule has 0 saturated heterocycles. The molecule has 2 rings (SSSR count). The van der Waals surface area contributed by atoms with E-state index in [1.807, 2.05) is 30.3 Å². The van der Waals surface area contributed by atoms with Gasteiger partial charge in [0.2, 0.25) is 0 Å². The van der Waals surface area contributed by atoms with E-state index in [1.165, 1.54) is 18.3 Å². The van der Waals surface area contributed by atoms with Gasteiger partial charge in [-0.2, -0.15) is 0 Å². The molecule has 0 saturated carbocycles. The molecule has 0 spiro atoms. The molecule has 0 aliphatic heterocycles. The van der Waals surface area contributed by atoms with Crippen molar-refractivity contribution in [2.45, 2.75) is 6.54 Å². The second kappa shape index (κ2) is 6.56. The Morgan fingerprint density at radius 3 is 2.50 bits per heavy atom. The number of esters is 1. The third-order valence-corrected chi connectivity index (χ3v) is 2.78. The van der Waals surface area contributed by atoms with Gasteiger partial charge >= 0.3 is 5.97 Å². The van der Waals surface area contributed by atoms with E-state index >= 15 is 0 Å². The molecule has 0 aliphatic carbocycles. The lowest BCUT2D eigenvalue weighted by molar-refractivity contribution is -0.141. The van der Waals surface area contributed by atoms with E-state index in [9.17, 15) is 9.59 Å². The Morgan fingerprint density at radius 1 is 1.15 bits per heavy atom. The van der Waals surface area contributed by atoms with Gasteiger partial charge in [-0.25, -0.2) is 0 Å². The first kappa shape index (κ1) is 13.9. The number of carbonyl (C=O) groups is 2. The molecule has 0 atom stereocenters. The normalized spacial score (nSPS) is 10.1. The van der Waals surface area contributed by atoms with Crippen LogP contribution < -0.4 is 0 Å². The monoisotopic (exact) mass is 273 g/mol. The fourth-order valence-corrected chi connectivity index (χ4v) is 1.78. The van der Waals surface area contributed by atoms with Crippen LogP contribution in [0.5, 0.6) is 0 Å². The van der Waals surface area contributed by atoms with E-state index in [2.05, 4.69) is 4.74 Å². The third-order valence-electron chi connectivity index (χ3n) is 2.78. The number of nitrogens with zero attached hydrogens (tertiary/aromatic N) is 1. The summed E-state index contributed by atoms with van der Waals surface area (Å²) in [6.45, 7) is 0.195. The fourth-order valence-electron chi connectivity index (χ4n) is 1.78. The molecular weight excluding hydrogens is 258 g/mol. The van der Waals surface area contributed by atoms with Gasteiger partial charge in [0.05, 0.1) is 13.4 Å². The van der Waals surface area contributed by atoms with Crippen LogP contribution in [0.4, 0.5) is 0 Å². The van der Waals surface area contributed by atoms with Crippen molar-refractivity contribution in [2.24, 2.45) is 0 Å². The zero-order valence-electron chi connectivity index (χ0n) is 11.1. The Balaban J connectivity index is 2.16. The fraction of sp³-hybridized carbons (Fsp3) is 0.200. The van der Waals surface area contributed by atoms with Crippen LogP contribution in [0, 0.1) is 0 Å². The average Bonchev–Trinajstić information content (AvgIpc) is 3.01. The second-order valence-corrected chi connectivity index (χ2v) is 4.20. The van der Waals surface area contributed by atoms with Crippen LogP contribution in [-0.4, -0.2) is 30.4 Å². The minimum Gasteiger partial charge on any atom is -0.468 e. The molecule has 0 bridgehead atoms. The molecule has 1 amide bonds. The number of benzene rings is 1. The number of furan rings is 1. The maximum atomic E-state index is 12.3. The van der Waals surface area contributed by atoms with Gasteiger partial charge in [-0.3, -0.25) is 9.59 Å². The molecular formula is C15H15NO4. The summed E-state index contributed by atoms with van der Waals surface area (Å²) < 4.78 is 9.71. The van der Waals surface area contributed by atoms with E-state index in [0.29, 0.717) is 6.54 Å². The lowest BCUT2D eigenvalue weighted by Crippen LogP contribution is -2.35. The quantitative estimate of drug-likeness (QED) is 0.783. The highest BCUT2D eigenvalue weighted by atomic mass is 16.5. The Kier molecular flexibility index (Phi) is 4.55. The number of hydrogen-bond acceptors (Lipinski definition) is 4. The minimum absolute atomic E-state index is 0.120. The van der Waals surface area contributed by atoms with Crippen LogP contribution in [0.1, 0.15) is 16.1 Å². The summed E-state index contributed by atoms with van der Waals surface area (Å²) in [7, 11) is 1.29. The van der Waals surface area contributed by atoms with E-state index in [0.717, 1.165) is 5.56 Å². The summed E-state index contributed by atoms with van der Waals surface area (Å²) in [4.78, 5) is 25.1. The molecule has 1 aromatic heterocycles. The van der Waals surface area contributed by atoms with Crippen LogP contribution in [0.15, 0.2) is 53.1 Å². The summed E-state index contributed by atoms with van der Waals surface area (Å²) in [5.41, 5.74) is 0.927. The predicted molar refractivity (Wildman–Crippen MR) is 71.9 cm³/mol. The number of rotatable bonds is 5. The van der Waals surface area contributed by atoms with Crippen molar-refractivity contribution in [2.75, 3.05) is 13.7 Å². The first-order chi connectivity index (χ1) is 9.70. The first-order valence-corrected chi connectivity index (χ1v) is 6.14. The molecule has 0 aliphatic rings. The summed E-state index contributed by atoms with van der Waals surface area (Å²) in [5.74, 6) is -0.616. The third kappa shape index (κ3) is 3.47. The number of hydrogen-bond donors (Lipinski definition) is 0. The van der Waals surface area contributed by atoms with Crippen LogP contribution in [-0.2, 0) is 16.1 Å². The SMILES string of the molecule is COC(=O)CN(Cc1ccccc1)C(=O)c1ccco1. The van der Waals surface area contributed by atoms with Gasteiger partial charge < -0.3 is 14.1 Å². The Labute approximate surface area is 116 Å². The van der Waals surface area contributed by atoms with Crippen molar-refractivity contribution < 1.29 is 18.7 Å². The van der Waals surface area contributed by atoms with Crippen LogP contribution >= 0.6 is 0 Å². The van der Waals surface area contributed by atoms with Gasteiger partial charge in [0.1, 0.15) is 6.54 Å². The molecule has 0 radical (unpaired) electrons. The Morgan fingerprint density at radius 2 is 1.90 bits per heavy atom. The molecule has 104 valence electrons. The molecule has 5 nitrogen and oxygen atoms in total. The van der Waals surface area contributed by atoms with E-state index < -0.39 is 5.97 Å². The lowest BCUT2D eigenvalue weighted by atomic mass is 10.2. The number of amides is 1. The molecule has 5 heteroatoms. The maximum Gasteiger partial charge on any atom is 0.325 e. The van der Waals surface area contributed by atoms with Gasteiger partial charge in [0, 0.05) is 6.54 Å². The highest BCUT2D eigenvalue weighted by Gasteiger charge is 2.21. The van der Waals surface area contributed by atoms with Gasteiger partial charge in [-0.05, 0) is 17.7 Å². The standard InChI is InChI=1S/C15H15NO4/c1-19-14(17)11-16(10-12-6-3-2-4-7-12)15(18)13-8-5-9-20-13/h2-9H,10-11H2,1H3. The average molecular weight is 273 g/mol. The van der Waals surface area contributed by atoms with Crippen molar-refractivity contribution >= 4 is 11.9 Å². The zero-order valence-corrected chi connectivity index (χ0v) is 11.1. The van der Waals surface area contributed by atoms with Gasteiger partial charge in [-0.15, -0.1) is 0 Å². The van der Waals surface area contributed by atoms with Crippen molar-refractivity contribution in [3.05, 3.63) is 60.1 Å². The summed E-state index contributed by atoms with van der Waals surface area (Å²) in [5, 5.41) is 0. The number of ether oxygens (including phenoxy) is 1. The number of methoxy groups -OCH3 is 1. The highest BCUT2D eigenvalue weighted by molar-refractivity contribution is 5.93. The topological polar surface area (TPSA) is 59.8 Å². The molecule has 0 unspecified atom stereocenters. The summed E-state index contributed by atoms with van der Waals surface area (Å²) in [6, 6.07) is 12.6. The van der Waals surface area contributed by atoms with Crippen LogP contribution in [0.3, 0.4) is 0 Å². The smallest absolute Gasteiger partial charge is 0.325 e. The summed E-state index contributed by atoms with van der Waals surface area (Å²) >= 11 is 0. The van der Waals surface area contributed by atoms with Crippen LogP contribution in [0.2, 0.25) is 0 Å². The van der Waals surface area contributed by atoms with E-state index in [4.69, 9.17) is 4.42 Å². The van der Waals surface area contributed by atoms with Crippen molar-refractivity contribution in [1.29, 1.82) is 0 Å².